The van der Waals surface area contributed by atoms with Gasteiger partial charge in [0, 0.05) is 13.5 Å². The van der Waals surface area contributed by atoms with Crippen LogP contribution in [0.25, 0.3) is 0 Å². The van der Waals surface area contributed by atoms with Crippen LogP contribution in [0.3, 0.4) is 0 Å². The number of carbonyl (C=O) groups is 3. The van der Waals surface area contributed by atoms with Crippen molar-refractivity contribution < 1.29 is 29.7 Å². The van der Waals surface area contributed by atoms with Crippen molar-refractivity contribution in [2.24, 2.45) is 29.6 Å². The Labute approximate surface area is 195 Å². The summed E-state index contributed by atoms with van der Waals surface area (Å²) < 4.78 is 0. The Balaban J connectivity index is 1.85. The minimum absolute atomic E-state index is 0.214. The van der Waals surface area contributed by atoms with Crippen molar-refractivity contribution in [3.05, 3.63) is 35.6 Å². The van der Waals surface area contributed by atoms with E-state index in [9.17, 15) is 29.7 Å². The number of ketones is 1. The summed E-state index contributed by atoms with van der Waals surface area (Å²) in [5, 5.41) is 31.1. The lowest BCUT2D eigenvalue weighted by atomic mass is 9.65. The molecule has 7 nitrogen and oxygen atoms in total. The van der Waals surface area contributed by atoms with Crippen molar-refractivity contribution in [2.75, 3.05) is 7.05 Å². The van der Waals surface area contributed by atoms with E-state index in [1.807, 2.05) is 6.08 Å². The molecule has 3 aliphatic rings. The molecule has 0 bridgehead atoms. The minimum atomic E-state index is -2.15. The van der Waals surface area contributed by atoms with Gasteiger partial charge in [-0.25, -0.2) is 4.79 Å². The molecule has 2 fully saturated rings. The molecular formula is C26H37NO6. The first-order valence-corrected chi connectivity index (χ1v) is 12.1. The van der Waals surface area contributed by atoms with Crippen LogP contribution in [-0.4, -0.2) is 56.6 Å². The maximum Gasteiger partial charge on any atom is 0.336 e. The number of carboxylic acids is 1. The summed E-state index contributed by atoms with van der Waals surface area (Å²) in [4.78, 5) is 38.8. The monoisotopic (exact) mass is 459 g/mol. The van der Waals surface area contributed by atoms with E-state index < -0.39 is 47.4 Å². The second-order valence-corrected chi connectivity index (χ2v) is 10.1. The summed E-state index contributed by atoms with van der Waals surface area (Å²) in [6.07, 6.45) is 12.6. The number of aliphatic hydroxyl groups excluding tert-OH is 1. The van der Waals surface area contributed by atoms with Crippen molar-refractivity contribution in [3.8, 4) is 0 Å². The Morgan fingerprint density at radius 2 is 1.91 bits per heavy atom. The van der Waals surface area contributed by atoms with Gasteiger partial charge in [-0.1, -0.05) is 58.3 Å². The predicted octanol–water partition coefficient (Wildman–Crippen LogP) is 3.64. The van der Waals surface area contributed by atoms with Crippen molar-refractivity contribution in [3.63, 3.8) is 0 Å². The average molecular weight is 460 g/mol. The SMILES string of the molecule is CCC(C)C(O)(CC1C(=O)C(=C(O)/C=C/[C@@H]2[C@H]3CCCC[C@@H]3C=C[C@@H]2C)C(=O)N1C)C(=O)O. The van der Waals surface area contributed by atoms with Gasteiger partial charge in [-0.2, -0.15) is 0 Å². The Morgan fingerprint density at radius 1 is 1.24 bits per heavy atom. The first-order valence-electron chi connectivity index (χ1n) is 12.1. The van der Waals surface area contributed by atoms with E-state index in [4.69, 9.17) is 0 Å². The maximum absolute atomic E-state index is 13.1. The van der Waals surface area contributed by atoms with Gasteiger partial charge >= 0.3 is 5.97 Å². The number of allylic oxidation sites excluding steroid dienone is 4. The molecule has 1 saturated heterocycles. The molecule has 3 unspecified atom stereocenters. The van der Waals surface area contributed by atoms with Gasteiger partial charge in [0.25, 0.3) is 5.91 Å². The molecule has 0 aromatic rings. The molecule has 2 aliphatic carbocycles. The zero-order chi connectivity index (χ0) is 24.5. The van der Waals surface area contributed by atoms with E-state index in [-0.39, 0.29) is 11.5 Å². The van der Waals surface area contributed by atoms with Crippen molar-refractivity contribution in [2.45, 2.75) is 70.9 Å². The second kappa shape index (κ2) is 9.84. The lowest BCUT2D eigenvalue weighted by Gasteiger charge is -2.40. The number of nitrogens with zero attached hydrogens (tertiary/aromatic N) is 1. The maximum atomic E-state index is 13.1. The van der Waals surface area contributed by atoms with Crippen LogP contribution < -0.4 is 0 Å². The molecule has 1 saturated carbocycles. The molecule has 182 valence electrons. The van der Waals surface area contributed by atoms with Crippen LogP contribution in [0.15, 0.2) is 35.6 Å². The highest BCUT2D eigenvalue weighted by molar-refractivity contribution is 6.27. The molecule has 0 aromatic carbocycles. The van der Waals surface area contributed by atoms with E-state index in [1.54, 1.807) is 13.8 Å². The van der Waals surface area contributed by atoms with E-state index in [0.29, 0.717) is 24.2 Å². The van der Waals surface area contributed by atoms with Gasteiger partial charge in [0.15, 0.2) is 11.4 Å². The number of Topliss-reactive ketones (excluding diaryl/α,β-unsaturated/α-hetero) is 1. The number of carbonyl (C=O) groups excluding carboxylic acids is 2. The van der Waals surface area contributed by atoms with E-state index in [2.05, 4.69) is 19.1 Å². The number of hydrogen-bond acceptors (Lipinski definition) is 5. The van der Waals surface area contributed by atoms with Gasteiger partial charge in [0.2, 0.25) is 0 Å². The molecule has 7 atom stereocenters. The number of carboxylic acid groups (broad SMARTS) is 1. The normalized spacial score (nSPS) is 34.3. The van der Waals surface area contributed by atoms with Crippen LogP contribution in [0.4, 0.5) is 0 Å². The summed E-state index contributed by atoms with van der Waals surface area (Å²) in [7, 11) is 1.40. The average Bonchev–Trinajstić information content (AvgIpc) is 3.00. The lowest BCUT2D eigenvalue weighted by Crippen LogP contribution is -2.50. The summed E-state index contributed by atoms with van der Waals surface area (Å²) >= 11 is 0. The molecular weight excluding hydrogens is 422 g/mol. The van der Waals surface area contributed by atoms with Gasteiger partial charge < -0.3 is 20.2 Å². The highest BCUT2D eigenvalue weighted by atomic mass is 16.4. The Hall–Kier alpha value is -2.41. The molecule has 0 spiro atoms. The zero-order valence-corrected chi connectivity index (χ0v) is 20.0. The highest BCUT2D eigenvalue weighted by Gasteiger charge is 2.51. The topological polar surface area (TPSA) is 115 Å². The highest BCUT2D eigenvalue weighted by Crippen LogP contribution is 2.43. The van der Waals surface area contributed by atoms with Crippen LogP contribution in [0.2, 0.25) is 0 Å². The minimum Gasteiger partial charge on any atom is -0.507 e. The molecule has 1 heterocycles. The van der Waals surface area contributed by atoms with Crippen molar-refractivity contribution in [1.82, 2.24) is 4.90 Å². The Bertz CT molecular complexity index is 889. The Kier molecular flexibility index (Phi) is 7.52. The van der Waals surface area contributed by atoms with Gasteiger partial charge in [0.1, 0.15) is 11.3 Å². The fourth-order valence-corrected chi connectivity index (χ4v) is 5.71. The third-order valence-corrected chi connectivity index (χ3v) is 8.22. The van der Waals surface area contributed by atoms with Crippen LogP contribution in [0.5, 0.6) is 0 Å². The standard InChI is InChI=1S/C26H37NO6/c1-5-16(3)26(33,25(31)32)14-20-23(29)22(24(30)27(20)4)21(28)13-12-18-15(2)10-11-17-8-6-7-9-19(17)18/h10-13,15-20,28,33H,5-9,14H2,1-4H3,(H,31,32)/b13-12+,22-21?/t15-,16?,17+,18-,19-,20?,26?/m0/s1. The molecule has 0 aromatic heterocycles. The fourth-order valence-electron chi connectivity index (χ4n) is 5.71. The summed E-state index contributed by atoms with van der Waals surface area (Å²) in [6.45, 7) is 5.49. The second-order valence-electron chi connectivity index (χ2n) is 10.1. The number of likely N-dealkylation sites (tertiary alicyclic amines) is 1. The summed E-state index contributed by atoms with van der Waals surface area (Å²) in [6, 6.07) is -1.14. The number of amides is 1. The number of aliphatic carboxylic acids is 1. The van der Waals surface area contributed by atoms with Gasteiger partial charge in [-0.05, 0) is 48.5 Å². The third-order valence-electron chi connectivity index (χ3n) is 8.22. The number of fused-ring (bicyclic) bond motifs is 1. The van der Waals surface area contributed by atoms with Gasteiger partial charge in [-0.15, -0.1) is 0 Å². The van der Waals surface area contributed by atoms with Crippen molar-refractivity contribution in [1.29, 1.82) is 0 Å². The predicted molar refractivity (Wildman–Crippen MR) is 124 cm³/mol. The molecule has 0 radical (unpaired) electrons. The first kappa shape index (κ1) is 25.2. The van der Waals surface area contributed by atoms with Crippen LogP contribution in [0.1, 0.15) is 59.3 Å². The molecule has 33 heavy (non-hydrogen) atoms. The molecule has 1 aliphatic heterocycles. The Morgan fingerprint density at radius 3 is 2.55 bits per heavy atom. The molecule has 1 amide bonds. The fraction of sp³-hybridized carbons (Fsp3) is 0.654. The first-order chi connectivity index (χ1) is 15.5. The molecule has 3 N–H and O–H groups in total. The quantitative estimate of drug-likeness (QED) is 0.232. The van der Waals surface area contributed by atoms with E-state index in [1.165, 1.54) is 26.0 Å². The van der Waals surface area contributed by atoms with E-state index >= 15 is 0 Å². The third kappa shape index (κ3) is 4.65. The van der Waals surface area contributed by atoms with Crippen LogP contribution in [-0.2, 0) is 14.4 Å². The van der Waals surface area contributed by atoms with Gasteiger partial charge in [-0.3, -0.25) is 9.59 Å². The van der Waals surface area contributed by atoms with Crippen LogP contribution in [0, 0.1) is 29.6 Å². The number of aliphatic hydroxyl groups is 2. The molecule has 7 heteroatoms. The summed E-state index contributed by atoms with van der Waals surface area (Å²) in [5.41, 5.74) is -2.49. The molecule has 3 rings (SSSR count). The van der Waals surface area contributed by atoms with E-state index in [0.717, 1.165) is 17.7 Å². The van der Waals surface area contributed by atoms with Crippen LogP contribution >= 0.6 is 0 Å². The smallest absolute Gasteiger partial charge is 0.336 e. The number of likely N-dealkylation sites (N-methyl/N-ethyl adjacent to an activating group) is 1. The van der Waals surface area contributed by atoms with Crippen molar-refractivity contribution >= 4 is 17.7 Å². The summed E-state index contributed by atoms with van der Waals surface area (Å²) in [5.74, 6) is -2.22. The zero-order valence-electron chi connectivity index (χ0n) is 20.0. The largest absolute Gasteiger partial charge is 0.507 e. The number of rotatable bonds is 7. The number of hydrogen-bond donors (Lipinski definition) is 3. The van der Waals surface area contributed by atoms with Gasteiger partial charge in [0.05, 0.1) is 6.04 Å². The lowest BCUT2D eigenvalue weighted by molar-refractivity contribution is -0.167.